The number of nitrogens with one attached hydrogen (secondary N) is 1. The fourth-order valence-electron chi connectivity index (χ4n) is 3.04. The summed E-state index contributed by atoms with van der Waals surface area (Å²) in [7, 11) is 0. The quantitative estimate of drug-likeness (QED) is 0.817. The Bertz CT molecular complexity index is 524. The molecule has 1 aromatic heterocycles. The summed E-state index contributed by atoms with van der Waals surface area (Å²) in [6, 6.07) is 0.350. The molecule has 124 valence electrons. The first-order chi connectivity index (χ1) is 10.4. The number of aromatic nitrogens is 2. The van der Waals surface area contributed by atoms with Crippen LogP contribution in [0.5, 0.6) is 0 Å². The highest BCUT2D eigenvalue weighted by atomic mass is 16.3. The van der Waals surface area contributed by atoms with E-state index in [-0.39, 0.29) is 18.4 Å². The Morgan fingerprint density at radius 2 is 2.18 bits per heavy atom. The summed E-state index contributed by atoms with van der Waals surface area (Å²) in [4.78, 5) is 14.0. The van der Waals surface area contributed by atoms with Gasteiger partial charge in [0.25, 0.3) is 0 Å². The molecule has 1 aliphatic heterocycles. The van der Waals surface area contributed by atoms with Crippen molar-refractivity contribution in [1.82, 2.24) is 20.0 Å². The van der Waals surface area contributed by atoms with Gasteiger partial charge >= 0.3 is 0 Å². The SMILES string of the molecule is Cc1nn(CCO)c(C)c1CNC1CCN(C(=O)C(C)C)C1. The first-order valence-electron chi connectivity index (χ1n) is 8.10. The molecule has 1 unspecified atom stereocenters. The van der Waals surface area contributed by atoms with E-state index in [0.717, 1.165) is 37.4 Å². The van der Waals surface area contributed by atoms with Crippen LogP contribution in [0.25, 0.3) is 0 Å². The molecule has 1 aromatic rings. The molecule has 2 N–H and O–H groups in total. The van der Waals surface area contributed by atoms with Gasteiger partial charge in [0, 0.05) is 42.9 Å². The summed E-state index contributed by atoms with van der Waals surface area (Å²) >= 11 is 0. The van der Waals surface area contributed by atoms with Crippen LogP contribution in [-0.4, -0.2) is 51.4 Å². The van der Waals surface area contributed by atoms with Gasteiger partial charge in [-0.15, -0.1) is 0 Å². The van der Waals surface area contributed by atoms with Crippen molar-refractivity contribution in [2.45, 2.75) is 53.2 Å². The number of likely N-dealkylation sites (tertiary alicyclic amines) is 1. The van der Waals surface area contributed by atoms with Gasteiger partial charge in [0.2, 0.25) is 5.91 Å². The van der Waals surface area contributed by atoms with Crippen LogP contribution in [-0.2, 0) is 17.9 Å². The third-order valence-electron chi connectivity index (χ3n) is 4.40. The first-order valence-corrected chi connectivity index (χ1v) is 8.10. The van der Waals surface area contributed by atoms with Gasteiger partial charge in [0.15, 0.2) is 0 Å². The fraction of sp³-hybridized carbons (Fsp3) is 0.750. The number of carbonyl (C=O) groups excluding carboxylic acids is 1. The van der Waals surface area contributed by atoms with Gasteiger partial charge in [0.05, 0.1) is 18.8 Å². The minimum atomic E-state index is 0.0694. The van der Waals surface area contributed by atoms with Crippen LogP contribution in [0.3, 0.4) is 0 Å². The summed E-state index contributed by atoms with van der Waals surface area (Å²) in [5, 5.41) is 17.1. The van der Waals surface area contributed by atoms with Gasteiger partial charge < -0.3 is 15.3 Å². The molecule has 1 fully saturated rings. The predicted octanol–water partition coefficient (Wildman–Crippen LogP) is 0.839. The monoisotopic (exact) mass is 308 g/mol. The van der Waals surface area contributed by atoms with Gasteiger partial charge in [-0.3, -0.25) is 9.48 Å². The third kappa shape index (κ3) is 3.67. The van der Waals surface area contributed by atoms with Gasteiger partial charge in [0.1, 0.15) is 0 Å². The van der Waals surface area contributed by atoms with E-state index in [9.17, 15) is 4.79 Å². The van der Waals surface area contributed by atoms with Crippen LogP contribution in [0, 0.1) is 19.8 Å². The van der Waals surface area contributed by atoms with Crippen molar-refractivity contribution < 1.29 is 9.90 Å². The van der Waals surface area contributed by atoms with Crippen LogP contribution in [0.4, 0.5) is 0 Å². The molecule has 0 saturated carbocycles. The molecule has 0 aromatic carbocycles. The standard InChI is InChI=1S/C16H28N4O2/c1-11(2)16(22)19-6-5-14(10-19)17-9-15-12(3)18-20(7-8-21)13(15)4/h11,14,17,21H,5-10H2,1-4H3. The number of carbonyl (C=O) groups is 1. The van der Waals surface area contributed by atoms with Crippen LogP contribution in [0.1, 0.15) is 37.2 Å². The first kappa shape index (κ1) is 17.0. The third-order valence-corrected chi connectivity index (χ3v) is 4.40. The van der Waals surface area contributed by atoms with Crippen molar-refractivity contribution >= 4 is 5.91 Å². The summed E-state index contributed by atoms with van der Waals surface area (Å²) in [6.45, 7) is 11.0. The molecule has 6 heteroatoms. The Hall–Kier alpha value is -1.40. The maximum atomic E-state index is 12.0. The average molecular weight is 308 g/mol. The zero-order valence-electron chi connectivity index (χ0n) is 14.1. The lowest BCUT2D eigenvalue weighted by Gasteiger charge is -2.19. The van der Waals surface area contributed by atoms with Crippen molar-refractivity contribution in [1.29, 1.82) is 0 Å². The lowest BCUT2D eigenvalue weighted by molar-refractivity contribution is -0.133. The summed E-state index contributed by atoms with van der Waals surface area (Å²) in [6.07, 6.45) is 1.00. The summed E-state index contributed by atoms with van der Waals surface area (Å²) < 4.78 is 1.86. The molecule has 0 bridgehead atoms. The number of rotatable bonds is 6. The largest absolute Gasteiger partial charge is 0.394 e. The van der Waals surface area contributed by atoms with E-state index in [1.165, 1.54) is 5.56 Å². The maximum absolute atomic E-state index is 12.0. The zero-order chi connectivity index (χ0) is 16.3. The number of aliphatic hydroxyl groups is 1. The van der Waals surface area contributed by atoms with Crippen LogP contribution < -0.4 is 5.32 Å². The summed E-state index contributed by atoms with van der Waals surface area (Å²) in [5.41, 5.74) is 3.31. The Morgan fingerprint density at radius 3 is 2.82 bits per heavy atom. The van der Waals surface area contributed by atoms with Crippen molar-refractivity contribution in [3.63, 3.8) is 0 Å². The van der Waals surface area contributed by atoms with E-state index < -0.39 is 0 Å². The molecule has 1 aliphatic rings. The number of aryl methyl sites for hydroxylation is 1. The summed E-state index contributed by atoms with van der Waals surface area (Å²) in [5.74, 6) is 0.312. The molecule has 6 nitrogen and oxygen atoms in total. The van der Waals surface area contributed by atoms with Crippen molar-refractivity contribution in [2.75, 3.05) is 19.7 Å². The van der Waals surface area contributed by atoms with Crippen LogP contribution in [0.2, 0.25) is 0 Å². The highest BCUT2D eigenvalue weighted by Crippen LogP contribution is 2.16. The molecule has 0 spiro atoms. The second-order valence-corrected chi connectivity index (χ2v) is 6.40. The predicted molar refractivity (Wildman–Crippen MR) is 85.4 cm³/mol. The van der Waals surface area contributed by atoms with Gasteiger partial charge in [-0.05, 0) is 20.3 Å². The van der Waals surface area contributed by atoms with Gasteiger partial charge in [-0.25, -0.2) is 0 Å². The highest BCUT2D eigenvalue weighted by Gasteiger charge is 2.27. The second-order valence-electron chi connectivity index (χ2n) is 6.40. The molecule has 2 rings (SSSR count). The number of hydrogen-bond acceptors (Lipinski definition) is 4. The topological polar surface area (TPSA) is 70.4 Å². The molecule has 0 aliphatic carbocycles. The van der Waals surface area contributed by atoms with Crippen LogP contribution >= 0.6 is 0 Å². The van der Waals surface area contributed by atoms with E-state index in [0.29, 0.717) is 12.6 Å². The molecular weight excluding hydrogens is 280 g/mol. The molecule has 1 atom stereocenters. The Balaban J connectivity index is 1.91. The smallest absolute Gasteiger partial charge is 0.225 e. The lowest BCUT2D eigenvalue weighted by atomic mass is 10.1. The zero-order valence-corrected chi connectivity index (χ0v) is 14.1. The van der Waals surface area contributed by atoms with Crippen LogP contribution in [0.15, 0.2) is 0 Å². The van der Waals surface area contributed by atoms with E-state index >= 15 is 0 Å². The average Bonchev–Trinajstić information content (AvgIpc) is 3.03. The molecular formula is C16H28N4O2. The van der Waals surface area contributed by atoms with Gasteiger partial charge in [-0.1, -0.05) is 13.8 Å². The van der Waals surface area contributed by atoms with Crippen molar-refractivity contribution in [3.05, 3.63) is 17.0 Å². The van der Waals surface area contributed by atoms with E-state index in [4.69, 9.17) is 5.11 Å². The highest BCUT2D eigenvalue weighted by molar-refractivity contribution is 5.78. The molecule has 22 heavy (non-hydrogen) atoms. The van der Waals surface area contributed by atoms with E-state index in [2.05, 4.69) is 10.4 Å². The Labute approximate surface area is 132 Å². The fourth-order valence-corrected chi connectivity index (χ4v) is 3.04. The number of hydrogen-bond donors (Lipinski definition) is 2. The van der Waals surface area contributed by atoms with Crippen molar-refractivity contribution in [3.8, 4) is 0 Å². The number of amides is 1. The normalized spacial score (nSPS) is 18.5. The maximum Gasteiger partial charge on any atom is 0.225 e. The minimum Gasteiger partial charge on any atom is -0.394 e. The lowest BCUT2D eigenvalue weighted by Crippen LogP contribution is -2.36. The number of aliphatic hydroxyl groups excluding tert-OH is 1. The van der Waals surface area contributed by atoms with Gasteiger partial charge in [-0.2, -0.15) is 5.10 Å². The second kappa shape index (κ2) is 7.24. The molecule has 0 radical (unpaired) electrons. The Kier molecular flexibility index (Phi) is 5.58. The van der Waals surface area contributed by atoms with E-state index in [1.807, 2.05) is 37.3 Å². The van der Waals surface area contributed by atoms with Crippen molar-refractivity contribution in [2.24, 2.45) is 5.92 Å². The number of nitrogens with zero attached hydrogens (tertiary/aromatic N) is 3. The molecule has 1 amide bonds. The minimum absolute atomic E-state index is 0.0694. The Morgan fingerprint density at radius 1 is 1.45 bits per heavy atom. The van der Waals surface area contributed by atoms with E-state index in [1.54, 1.807) is 0 Å². The molecule has 2 heterocycles. The molecule has 1 saturated heterocycles.